The summed E-state index contributed by atoms with van der Waals surface area (Å²) in [5.41, 5.74) is -1.00. The molecule has 1 saturated heterocycles. The van der Waals surface area contributed by atoms with Crippen molar-refractivity contribution in [2.45, 2.75) is 52.5 Å². The zero-order chi connectivity index (χ0) is 14.5. The summed E-state index contributed by atoms with van der Waals surface area (Å²) < 4.78 is 5.00. The predicted molar refractivity (Wildman–Crippen MR) is 70.0 cm³/mol. The number of ether oxygens (including phenoxy) is 1. The summed E-state index contributed by atoms with van der Waals surface area (Å²) in [7, 11) is 0. The van der Waals surface area contributed by atoms with Crippen molar-refractivity contribution in [3.05, 3.63) is 0 Å². The molecule has 19 heavy (non-hydrogen) atoms. The molecular formula is C14H22N2O3. The quantitative estimate of drug-likeness (QED) is 0.712. The van der Waals surface area contributed by atoms with Crippen LogP contribution in [0.25, 0.3) is 0 Å². The highest BCUT2D eigenvalue weighted by Gasteiger charge is 2.44. The van der Waals surface area contributed by atoms with Crippen molar-refractivity contribution in [2.24, 2.45) is 5.41 Å². The minimum Gasteiger partial charge on any atom is -0.464 e. The number of hydrogen-bond donors (Lipinski definition) is 0. The van der Waals surface area contributed by atoms with E-state index in [9.17, 15) is 14.9 Å². The van der Waals surface area contributed by atoms with Gasteiger partial charge in [-0.25, -0.2) is 4.79 Å². The number of nitrogens with zero attached hydrogens (tertiary/aromatic N) is 2. The maximum Gasteiger partial charge on any atom is 0.328 e. The largest absolute Gasteiger partial charge is 0.464 e. The van der Waals surface area contributed by atoms with Gasteiger partial charge in [0.15, 0.2) is 0 Å². The highest BCUT2D eigenvalue weighted by atomic mass is 16.5. The lowest BCUT2D eigenvalue weighted by Crippen LogP contribution is -2.48. The van der Waals surface area contributed by atoms with Crippen LogP contribution < -0.4 is 0 Å². The van der Waals surface area contributed by atoms with Gasteiger partial charge in [0, 0.05) is 6.54 Å². The lowest BCUT2D eigenvalue weighted by Gasteiger charge is -2.31. The molecule has 0 saturated carbocycles. The number of carbonyl (C=O) groups excluding carboxylic acids is 2. The summed E-state index contributed by atoms with van der Waals surface area (Å²) in [6, 6.07) is 1.62. The number of rotatable bonds is 5. The molecule has 1 amide bonds. The van der Waals surface area contributed by atoms with E-state index in [-0.39, 0.29) is 11.9 Å². The normalized spacial score (nSPS) is 19.1. The van der Waals surface area contributed by atoms with Crippen LogP contribution in [0.3, 0.4) is 0 Å². The lowest BCUT2D eigenvalue weighted by atomic mass is 9.82. The van der Waals surface area contributed by atoms with Crippen molar-refractivity contribution >= 4 is 11.9 Å². The van der Waals surface area contributed by atoms with E-state index < -0.39 is 11.5 Å². The maximum atomic E-state index is 12.6. The number of esters is 1. The van der Waals surface area contributed by atoms with E-state index in [1.165, 1.54) is 4.90 Å². The fourth-order valence-corrected chi connectivity index (χ4v) is 2.53. The van der Waals surface area contributed by atoms with Crippen molar-refractivity contribution in [3.8, 4) is 6.07 Å². The first kappa shape index (κ1) is 15.5. The third kappa shape index (κ3) is 2.89. The molecule has 0 radical (unpaired) electrons. The molecule has 1 atom stereocenters. The molecule has 0 N–H and O–H groups in total. The molecule has 1 fully saturated rings. The van der Waals surface area contributed by atoms with Gasteiger partial charge in [0.1, 0.15) is 11.5 Å². The van der Waals surface area contributed by atoms with E-state index in [1.807, 2.05) is 13.8 Å². The molecule has 0 spiro atoms. The molecule has 1 rings (SSSR count). The summed E-state index contributed by atoms with van der Waals surface area (Å²) in [6.45, 7) is 6.25. The highest BCUT2D eigenvalue weighted by Crippen LogP contribution is 2.32. The monoisotopic (exact) mass is 266 g/mol. The van der Waals surface area contributed by atoms with Crippen LogP contribution in [-0.2, 0) is 14.3 Å². The van der Waals surface area contributed by atoms with Gasteiger partial charge in [-0.05, 0) is 32.6 Å². The highest BCUT2D eigenvalue weighted by molar-refractivity contribution is 5.90. The molecule has 0 bridgehead atoms. The molecule has 0 aliphatic carbocycles. The molecule has 1 aliphatic heterocycles. The standard InChI is InChI=1S/C14H22N2O3/c1-4-14(5-2,10-15)13(18)16-9-7-8-11(16)12(17)19-6-3/h11H,4-9H2,1-3H3. The van der Waals surface area contributed by atoms with Gasteiger partial charge in [-0.3, -0.25) is 4.79 Å². The van der Waals surface area contributed by atoms with Crippen LogP contribution in [-0.4, -0.2) is 36.0 Å². The molecule has 5 nitrogen and oxygen atoms in total. The SMILES string of the molecule is CCOC(=O)C1CCCN1C(=O)C(C#N)(CC)CC. The number of likely N-dealkylation sites (tertiary alicyclic amines) is 1. The molecule has 0 aromatic carbocycles. The van der Waals surface area contributed by atoms with E-state index in [1.54, 1.807) is 6.92 Å². The molecule has 1 heterocycles. The third-order valence-electron chi connectivity index (χ3n) is 3.90. The smallest absolute Gasteiger partial charge is 0.328 e. The Labute approximate surface area is 114 Å². The average Bonchev–Trinajstić information content (AvgIpc) is 2.90. The van der Waals surface area contributed by atoms with E-state index in [0.717, 1.165) is 6.42 Å². The minimum absolute atomic E-state index is 0.226. The third-order valence-corrected chi connectivity index (χ3v) is 3.90. The first-order valence-corrected chi connectivity index (χ1v) is 6.95. The molecular weight excluding hydrogens is 244 g/mol. The van der Waals surface area contributed by atoms with Gasteiger partial charge >= 0.3 is 5.97 Å². The van der Waals surface area contributed by atoms with Crippen LogP contribution >= 0.6 is 0 Å². The fourth-order valence-electron chi connectivity index (χ4n) is 2.53. The minimum atomic E-state index is -1.00. The Bertz CT molecular complexity index is 383. The summed E-state index contributed by atoms with van der Waals surface area (Å²) in [5, 5.41) is 9.32. The van der Waals surface area contributed by atoms with Crippen LogP contribution in [0.1, 0.15) is 46.5 Å². The first-order chi connectivity index (χ1) is 9.06. The Hall–Kier alpha value is -1.57. The number of carbonyl (C=O) groups is 2. The first-order valence-electron chi connectivity index (χ1n) is 6.95. The summed E-state index contributed by atoms with van der Waals surface area (Å²) in [6.07, 6.45) is 2.33. The predicted octanol–water partition coefficient (Wildman–Crippen LogP) is 1.87. The molecule has 5 heteroatoms. The van der Waals surface area contributed by atoms with Crippen LogP contribution in [0.2, 0.25) is 0 Å². The van der Waals surface area contributed by atoms with E-state index in [4.69, 9.17) is 4.74 Å². The van der Waals surface area contributed by atoms with Crippen LogP contribution in [0.5, 0.6) is 0 Å². The Morgan fingerprint density at radius 3 is 2.47 bits per heavy atom. The molecule has 1 unspecified atom stereocenters. The average molecular weight is 266 g/mol. The van der Waals surface area contributed by atoms with Crippen LogP contribution in [0.4, 0.5) is 0 Å². The Morgan fingerprint density at radius 1 is 1.37 bits per heavy atom. The van der Waals surface area contributed by atoms with Crippen molar-refractivity contribution in [1.29, 1.82) is 5.26 Å². The van der Waals surface area contributed by atoms with Gasteiger partial charge < -0.3 is 9.64 Å². The van der Waals surface area contributed by atoms with Crippen molar-refractivity contribution in [1.82, 2.24) is 4.90 Å². The van der Waals surface area contributed by atoms with Gasteiger partial charge in [0.05, 0.1) is 12.7 Å². The Morgan fingerprint density at radius 2 is 2.00 bits per heavy atom. The van der Waals surface area contributed by atoms with Crippen molar-refractivity contribution in [2.75, 3.05) is 13.2 Å². The summed E-state index contributed by atoms with van der Waals surface area (Å²) in [4.78, 5) is 26.0. The lowest BCUT2D eigenvalue weighted by molar-refractivity contribution is -0.155. The van der Waals surface area contributed by atoms with E-state index in [2.05, 4.69) is 6.07 Å². The Balaban J connectivity index is 2.92. The van der Waals surface area contributed by atoms with Crippen LogP contribution in [0, 0.1) is 16.7 Å². The maximum absolute atomic E-state index is 12.6. The number of amides is 1. The molecule has 0 aromatic heterocycles. The van der Waals surface area contributed by atoms with Gasteiger partial charge in [-0.15, -0.1) is 0 Å². The van der Waals surface area contributed by atoms with Gasteiger partial charge in [0.25, 0.3) is 0 Å². The zero-order valence-corrected chi connectivity index (χ0v) is 11.9. The topological polar surface area (TPSA) is 70.4 Å². The summed E-state index contributed by atoms with van der Waals surface area (Å²) in [5.74, 6) is -0.581. The zero-order valence-electron chi connectivity index (χ0n) is 11.9. The van der Waals surface area contributed by atoms with E-state index in [0.29, 0.717) is 32.4 Å². The second-order valence-corrected chi connectivity index (χ2v) is 4.81. The molecule has 0 aromatic rings. The second kappa shape index (κ2) is 6.55. The Kier molecular flexibility index (Phi) is 5.34. The fraction of sp³-hybridized carbons (Fsp3) is 0.786. The van der Waals surface area contributed by atoms with Gasteiger partial charge in [-0.1, -0.05) is 13.8 Å². The second-order valence-electron chi connectivity index (χ2n) is 4.81. The van der Waals surface area contributed by atoms with Gasteiger partial charge in [-0.2, -0.15) is 5.26 Å². The van der Waals surface area contributed by atoms with Crippen LogP contribution in [0.15, 0.2) is 0 Å². The summed E-state index contributed by atoms with van der Waals surface area (Å²) >= 11 is 0. The number of nitriles is 1. The number of hydrogen-bond acceptors (Lipinski definition) is 4. The van der Waals surface area contributed by atoms with Crippen molar-refractivity contribution in [3.63, 3.8) is 0 Å². The van der Waals surface area contributed by atoms with Gasteiger partial charge in [0.2, 0.25) is 5.91 Å². The van der Waals surface area contributed by atoms with E-state index >= 15 is 0 Å². The molecule has 1 aliphatic rings. The molecule has 106 valence electrons. The van der Waals surface area contributed by atoms with Crippen molar-refractivity contribution < 1.29 is 14.3 Å².